The Kier molecular flexibility index (Phi) is 6.88. The fourth-order valence-corrected chi connectivity index (χ4v) is 3.89. The van der Waals surface area contributed by atoms with Crippen LogP contribution < -0.4 is 9.47 Å². The number of rotatable bonds is 8. The third kappa shape index (κ3) is 5.59. The minimum absolute atomic E-state index is 0.127. The Morgan fingerprint density at radius 3 is 2.38 bits per heavy atom. The predicted octanol–water partition coefficient (Wildman–Crippen LogP) is 5.21. The van der Waals surface area contributed by atoms with E-state index in [2.05, 4.69) is 4.98 Å². The zero-order chi connectivity index (χ0) is 24.1. The number of benzene rings is 2. The van der Waals surface area contributed by atoms with Gasteiger partial charge >= 0.3 is 0 Å². The lowest BCUT2D eigenvalue weighted by atomic mass is 10.2. The van der Waals surface area contributed by atoms with E-state index < -0.39 is 4.92 Å². The predicted molar refractivity (Wildman–Crippen MR) is 127 cm³/mol. The van der Waals surface area contributed by atoms with Crippen molar-refractivity contribution in [3.05, 3.63) is 93.0 Å². The number of carbonyl (C=O) groups excluding carboxylic acids is 2. The van der Waals surface area contributed by atoms with E-state index in [-0.39, 0.29) is 35.9 Å². The first-order valence-corrected chi connectivity index (χ1v) is 11.0. The first-order valence-electron chi connectivity index (χ1n) is 10.2. The van der Waals surface area contributed by atoms with Crippen LogP contribution in [0.5, 0.6) is 17.4 Å². The molecule has 0 N–H and O–H groups in total. The van der Waals surface area contributed by atoms with E-state index in [1.165, 1.54) is 17.0 Å². The van der Waals surface area contributed by atoms with Crippen LogP contribution in [0.2, 0.25) is 0 Å². The summed E-state index contributed by atoms with van der Waals surface area (Å²) in [5.74, 6) is 1.00. The van der Waals surface area contributed by atoms with Crippen LogP contribution in [0.3, 0.4) is 0 Å². The fraction of sp³-hybridized carbons (Fsp3) is 0.125. The van der Waals surface area contributed by atoms with Crippen molar-refractivity contribution in [1.29, 1.82) is 0 Å². The molecule has 1 aliphatic rings. The molecule has 2 aromatic carbocycles. The van der Waals surface area contributed by atoms with Gasteiger partial charge in [-0.25, -0.2) is 4.98 Å². The molecule has 10 heteroatoms. The zero-order valence-electron chi connectivity index (χ0n) is 18.0. The van der Waals surface area contributed by atoms with E-state index in [9.17, 15) is 19.7 Å². The minimum Gasteiger partial charge on any atom is -0.492 e. The molecule has 0 spiro atoms. The second-order valence-corrected chi connectivity index (χ2v) is 8.27. The number of carbonyl (C=O) groups is 2. The number of hydrogen-bond donors (Lipinski definition) is 0. The number of thioether (sulfide) groups is 1. The Hall–Kier alpha value is -4.18. The SMILES string of the molecule is Cc1ccc(OCCN2C(=O)S/C(=C\c3ccc(Oc4ccc([N+](=O)[O-])cn4)cc3)C2=O)cc1. The number of nitrogens with zero attached hydrogens (tertiary/aromatic N) is 3. The van der Waals surface area contributed by atoms with Crippen LogP contribution in [0, 0.1) is 17.0 Å². The average molecular weight is 477 g/mol. The van der Waals surface area contributed by atoms with E-state index in [1.807, 2.05) is 31.2 Å². The van der Waals surface area contributed by atoms with Gasteiger partial charge in [-0.05, 0) is 54.6 Å². The van der Waals surface area contributed by atoms with Crippen LogP contribution >= 0.6 is 11.8 Å². The summed E-state index contributed by atoms with van der Waals surface area (Å²) in [5.41, 5.74) is 1.70. The molecule has 0 bridgehead atoms. The molecule has 0 aliphatic carbocycles. The van der Waals surface area contributed by atoms with Crippen molar-refractivity contribution in [1.82, 2.24) is 9.88 Å². The highest BCUT2D eigenvalue weighted by Crippen LogP contribution is 2.32. The third-order valence-electron chi connectivity index (χ3n) is 4.81. The van der Waals surface area contributed by atoms with Crippen molar-refractivity contribution in [2.24, 2.45) is 0 Å². The highest BCUT2D eigenvalue weighted by atomic mass is 32.2. The van der Waals surface area contributed by atoms with E-state index in [1.54, 1.807) is 30.3 Å². The molecule has 2 heterocycles. The number of ether oxygens (including phenoxy) is 2. The number of aryl methyl sites for hydroxylation is 1. The molecule has 1 saturated heterocycles. The van der Waals surface area contributed by atoms with Gasteiger partial charge in [0.25, 0.3) is 16.8 Å². The van der Waals surface area contributed by atoms with Crippen molar-refractivity contribution >= 4 is 34.7 Å². The van der Waals surface area contributed by atoms with Crippen LogP contribution in [-0.2, 0) is 4.79 Å². The van der Waals surface area contributed by atoms with E-state index in [4.69, 9.17) is 9.47 Å². The number of hydrogen-bond acceptors (Lipinski definition) is 8. The lowest BCUT2D eigenvalue weighted by Crippen LogP contribution is -2.32. The van der Waals surface area contributed by atoms with Crippen molar-refractivity contribution in [2.45, 2.75) is 6.92 Å². The van der Waals surface area contributed by atoms with Gasteiger partial charge in [0.1, 0.15) is 24.3 Å². The zero-order valence-corrected chi connectivity index (χ0v) is 18.9. The van der Waals surface area contributed by atoms with Crippen LogP contribution in [0.25, 0.3) is 6.08 Å². The maximum absolute atomic E-state index is 12.7. The summed E-state index contributed by atoms with van der Waals surface area (Å²) in [4.78, 5) is 40.5. The van der Waals surface area contributed by atoms with Crippen LogP contribution in [-0.4, -0.2) is 39.1 Å². The molecule has 0 atom stereocenters. The molecule has 1 aromatic heterocycles. The summed E-state index contributed by atoms with van der Waals surface area (Å²) in [6, 6.07) is 17.1. The molecule has 1 aliphatic heterocycles. The maximum atomic E-state index is 12.7. The molecule has 0 unspecified atom stereocenters. The van der Waals surface area contributed by atoms with E-state index >= 15 is 0 Å². The van der Waals surface area contributed by atoms with Crippen LogP contribution in [0.4, 0.5) is 10.5 Å². The molecule has 172 valence electrons. The van der Waals surface area contributed by atoms with E-state index in [0.29, 0.717) is 22.0 Å². The van der Waals surface area contributed by atoms with Gasteiger partial charge in [-0.15, -0.1) is 0 Å². The lowest BCUT2D eigenvalue weighted by Gasteiger charge is -2.13. The number of amides is 2. The summed E-state index contributed by atoms with van der Waals surface area (Å²) in [5, 5.41) is 10.4. The van der Waals surface area contributed by atoms with E-state index in [0.717, 1.165) is 23.5 Å². The topological polar surface area (TPSA) is 112 Å². The Balaban J connectivity index is 1.34. The fourth-order valence-electron chi connectivity index (χ4n) is 3.03. The van der Waals surface area contributed by atoms with Gasteiger partial charge in [0.15, 0.2) is 0 Å². The van der Waals surface area contributed by atoms with Crippen molar-refractivity contribution < 1.29 is 24.0 Å². The summed E-state index contributed by atoms with van der Waals surface area (Å²) in [7, 11) is 0. The van der Waals surface area contributed by atoms with Gasteiger partial charge in [0.2, 0.25) is 5.88 Å². The molecular formula is C24H19N3O6S. The largest absolute Gasteiger partial charge is 0.492 e. The molecule has 0 radical (unpaired) electrons. The number of nitro groups is 1. The Morgan fingerprint density at radius 2 is 1.74 bits per heavy atom. The maximum Gasteiger partial charge on any atom is 0.293 e. The Bertz CT molecular complexity index is 1240. The highest BCUT2D eigenvalue weighted by Gasteiger charge is 2.34. The van der Waals surface area contributed by atoms with Gasteiger partial charge in [0, 0.05) is 12.1 Å². The standard InChI is InChI=1S/C24H19N3O6S/c1-16-2-7-19(8-3-16)32-13-12-26-23(28)21(34-24(26)29)14-17-4-9-20(10-5-17)33-22-11-6-18(15-25-22)27(30)31/h2-11,14-15H,12-13H2,1H3/b21-14-. The molecular weight excluding hydrogens is 458 g/mol. The van der Waals surface area contributed by atoms with Crippen molar-refractivity contribution in [3.63, 3.8) is 0 Å². The quantitative estimate of drug-likeness (QED) is 0.247. The Labute approximate surface area is 199 Å². The van der Waals surface area contributed by atoms with Crippen molar-refractivity contribution in [2.75, 3.05) is 13.2 Å². The average Bonchev–Trinajstić information content (AvgIpc) is 3.09. The summed E-state index contributed by atoms with van der Waals surface area (Å²) in [6.45, 7) is 2.34. The van der Waals surface area contributed by atoms with Crippen LogP contribution in [0.15, 0.2) is 71.8 Å². The van der Waals surface area contributed by atoms with Gasteiger partial charge in [-0.3, -0.25) is 24.6 Å². The molecule has 1 fully saturated rings. The van der Waals surface area contributed by atoms with Gasteiger partial charge < -0.3 is 9.47 Å². The Morgan fingerprint density at radius 1 is 1.03 bits per heavy atom. The molecule has 2 amide bonds. The lowest BCUT2D eigenvalue weighted by molar-refractivity contribution is -0.385. The first-order chi connectivity index (χ1) is 16.4. The normalized spacial score (nSPS) is 14.5. The van der Waals surface area contributed by atoms with Gasteiger partial charge in [0.05, 0.1) is 16.4 Å². The molecule has 34 heavy (non-hydrogen) atoms. The number of imide groups is 1. The number of aromatic nitrogens is 1. The molecule has 9 nitrogen and oxygen atoms in total. The second-order valence-electron chi connectivity index (χ2n) is 7.28. The molecule has 4 rings (SSSR count). The van der Waals surface area contributed by atoms with Crippen molar-refractivity contribution in [3.8, 4) is 17.4 Å². The summed E-state index contributed by atoms with van der Waals surface area (Å²) < 4.78 is 11.2. The number of pyridine rings is 1. The minimum atomic E-state index is -0.537. The first kappa shape index (κ1) is 23.0. The molecule has 0 saturated carbocycles. The summed E-state index contributed by atoms with van der Waals surface area (Å²) in [6.07, 6.45) is 2.76. The highest BCUT2D eigenvalue weighted by molar-refractivity contribution is 8.18. The molecule has 3 aromatic rings. The monoisotopic (exact) mass is 477 g/mol. The van der Waals surface area contributed by atoms with Crippen LogP contribution in [0.1, 0.15) is 11.1 Å². The third-order valence-corrected chi connectivity index (χ3v) is 5.72. The summed E-state index contributed by atoms with van der Waals surface area (Å²) >= 11 is 0.882. The second kappa shape index (κ2) is 10.2. The van der Waals surface area contributed by atoms with Gasteiger partial charge in [-0.1, -0.05) is 29.8 Å². The van der Waals surface area contributed by atoms with Gasteiger partial charge in [-0.2, -0.15) is 0 Å². The smallest absolute Gasteiger partial charge is 0.293 e.